The molecule has 1 N–H and O–H groups in total. The molecule has 19 heavy (non-hydrogen) atoms. The van der Waals surface area contributed by atoms with Crippen molar-refractivity contribution >= 4 is 11.3 Å². The average molecular weight is 277 g/mol. The minimum atomic E-state index is 0.701. The molecule has 0 fully saturated rings. The Balaban J connectivity index is 1.96. The van der Waals surface area contributed by atoms with Crippen molar-refractivity contribution in [3.63, 3.8) is 0 Å². The number of thiophene rings is 1. The van der Waals surface area contributed by atoms with Crippen LogP contribution in [-0.4, -0.2) is 16.3 Å². The van der Waals surface area contributed by atoms with Crippen molar-refractivity contribution in [2.24, 2.45) is 5.92 Å². The van der Waals surface area contributed by atoms with Crippen LogP contribution in [0, 0.1) is 19.8 Å². The molecule has 2 rings (SSSR count). The maximum absolute atomic E-state index is 4.35. The van der Waals surface area contributed by atoms with Crippen molar-refractivity contribution in [1.82, 2.24) is 15.1 Å². The molecule has 2 aromatic rings. The van der Waals surface area contributed by atoms with Gasteiger partial charge < -0.3 is 5.32 Å². The summed E-state index contributed by atoms with van der Waals surface area (Å²) in [6, 6.07) is 2.31. The van der Waals surface area contributed by atoms with Crippen LogP contribution in [0.4, 0.5) is 0 Å². The number of nitrogens with zero attached hydrogens (tertiary/aromatic N) is 2. The number of hydrogen-bond donors (Lipinski definition) is 1. The zero-order valence-corrected chi connectivity index (χ0v) is 13.0. The molecule has 4 heteroatoms. The molecule has 0 aromatic carbocycles. The second-order valence-electron chi connectivity index (χ2n) is 5.53. The third-order valence-corrected chi connectivity index (χ3v) is 4.11. The molecule has 2 aromatic heterocycles. The van der Waals surface area contributed by atoms with Gasteiger partial charge in [-0.2, -0.15) is 5.10 Å². The molecule has 0 unspecified atom stereocenters. The van der Waals surface area contributed by atoms with Gasteiger partial charge in [0.1, 0.15) is 0 Å². The first-order chi connectivity index (χ1) is 9.04. The normalized spacial score (nSPS) is 11.4. The second-order valence-corrected chi connectivity index (χ2v) is 6.88. The summed E-state index contributed by atoms with van der Waals surface area (Å²) in [6.07, 6.45) is 4.00. The summed E-state index contributed by atoms with van der Waals surface area (Å²) in [5.74, 6) is 0.701. The molecule has 0 saturated carbocycles. The zero-order chi connectivity index (χ0) is 13.8. The van der Waals surface area contributed by atoms with Gasteiger partial charge >= 0.3 is 0 Å². The van der Waals surface area contributed by atoms with Gasteiger partial charge in [-0.15, -0.1) is 11.3 Å². The first-order valence-electron chi connectivity index (χ1n) is 6.82. The van der Waals surface area contributed by atoms with Crippen molar-refractivity contribution in [1.29, 1.82) is 0 Å². The molecular weight excluding hydrogens is 254 g/mol. The summed E-state index contributed by atoms with van der Waals surface area (Å²) in [5, 5.41) is 7.85. The monoisotopic (exact) mass is 277 g/mol. The van der Waals surface area contributed by atoms with Crippen molar-refractivity contribution in [3.05, 3.63) is 39.3 Å². The van der Waals surface area contributed by atoms with E-state index in [0.29, 0.717) is 5.92 Å². The number of nitrogens with one attached hydrogen (secondary N) is 1. The third-order valence-electron chi connectivity index (χ3n) is 3.02. The highest BCUT2D eigenvalue weighted by Crippen LogP contribution is 2.22. The lowest BCUT2D eigenvalue weighted by molar-refractivity contribution is 0.554. The highest BCUT2D eigenvalue weighted by atomic mass is 32.1. The summed E-state index contributed by atoms with van der Waals surface area (Å²) in [7, 11) is 0. The Labute approximate surface area is 119 Å². The molecule has 0 bridgehead atoms. The van der Waals surface area contributed by atoms with E-state index in [1.165, 1.54) is 20.9 Å². The van der Waals surface area contributed by atoms with E-state index in [9.17, 15) is 0 Å². The summed E-state index contributed by atoms with van der Waals surface area (Å²) >= 11 is 1.89. The molecule has 3 nitrogen and oxygen atoms in total. The lowest BCUT2D eigenvalue weighted by Gasteiger charge is -2.05. The zero-order valence-electron chi connectivity index (χ0n) is 12.2. The van der Waals surface area contributed by atoms with E-state index in [2.05, 4.69) is 50.4 Å². The minimum Gasteiger partial charge on any atom is -0.312 e. The molecule has 2 heterocycles. The van der Waals surface area contributed by atoms with E-state index in [1.54, 1.807) is 0 Å². The average Bonchev–Trinajstić information content (AvgIpc) is 2.87. The Morgan fingerprint density at radius 2 is 2.16 bits per heavy atom. The van der Waals surface area contributed by atoms with E-state index >= 15 is 0 Å². The predicted molar refractivity (Wildman–Crippen MR) is 81.7 cm³/mol. The van der Waals surface area contributed by atoms with Crippen molar-refractivity contribution < 1.29 is 0 Å². The molecule has 0 aliphatic carbocycles. The summed E-state index contributed by atoms with van der Waals surface area (Å²) in [4.78, 5) is 2.81. The Hall–Kier alpha value is -1.13. The lowest BCUT2D eigenvalue weighted by Crippen LogP contribution is -2.18. The van der Waals surface area contributed by atoms with E-state index in [-0.39, 0.29) is 0 Å². The Bertz CT molecular complexity index is 525. The van der Waals surface area contributed by atoms with Crippen LogP contribution in [0.25, 0.3) is 0 Å². The van der Waals surface area contributed by atoms with Crippen LogP contribution in [0.5, 0.6) is 0 Å². The molecule has 0 amide bonds. The van der Waals surface area contributed by atoms with E-state index < -0.39 is 0 Å². The van der Waals surface area contributed by atoms with Crippen LogP contribution in [0.2, 0.25) is 0 Å². The maximum Gasteiger partial charge on any atom is 0.0670 e. The fourth-order valence-electron chi connectivity index (χ4n) is 2.04. The van der Waals surface area contributed by atoms with Gasteiger partial charge in [0, 0.05) is 22.5 Å². The van der Waals surface area contributed by atoms with Crippen molar-refractivity contribution in [3.8, 4) is 0 Å². The predicted octanol–water partition coefficient (Wildman–Crippen LogP) is 3.36. The number of aryl methyl sites for hydroxylation is 2. The first kappa shape index (κ1) is 14.3. The van der Waals surface area contributed by atoms with E-state index in [0.717, 1.165) is 19.6 Å². The summed E-state index contributed by atoms with van der Waals surface area (Å²) in [5.41, 5.74) is 2.60. The van der Waals surface area contributed by atoms with Gasteiger partial charge in [-0.1, -0.05) is 13.8 Å². The number of aromatic nitrogens is 2. The van der Waals surface area contributed by atoms with Crippen LogP contribution < -0.4 is 5.32 Å². The molecular formula is C15H23N3S. The van der Waals surface area contributed by atoms with E-state index in [1.807, 2.05) is 22.2 Å². The smallest absolute Gasteiger partial charge is 0.0670 e. The van der Waals surface area contributed by atoms with Gasteiger partial charge in [-0.3, -0.25) is 4.68 Å². The van der Waals surface area contributed by atoms with Gasteiger partial charge in [0.25, 0.3) is 0 Å². The summed E-state index contributed by atoms with van der Waals surface area (Å²) in [6.45, 7) is 11.7. The molecule has 0 aliphatic rings. The molecule has 104 valence electrons. The largest absolute Gasteiger partial charge is 0.312 e. The quantitative estimate of drug-likeness (QED) is 0.877. The Morgan fingerprint density at radius 1 is 1.37 bits per heavy atom. The highest BCUT2D eigenvalue weighted by Gasteiger charge is 2.07. The lowest BCUT2D eigenvalue weighted by atomic mass is 10.2. The summed E-state index contributed by atoms with van der Waals surface area (Å²) < 4.78 is 2.01. The fourth-order valence-corrected chi connectivity index (χ4v) is 3.07. The standard InChI is InChI=1S/C15H23N3S/c1-11(2)6-16-8-15-5-14(13(4)19-15)10-18-9-12(3)7-17-18/h5,7,9,11,16H,6,8,10H2,1-4H3. The number of rotatable bonds is 6. The van der Waals surface area contributed by atoms with Crippen LogP contribution in [0.15, 0.2) is 18.5 Å². The van der Waals surface area contributed by atoms with E-state index in [4.69, 9.17) is 0 Å². The van der Waals surface area contributed by atoms with Crippen LogP contribution in [0.1, 0.15) is 34.7 Å². The van der Waals surface area contributed by atoms with Crippen molar-refractivity contribution in [2.75, 3.05) is 6.54 Å². The topological polar surface area (TPSA) is 29.9 Å². The molecule has 0 saturated heterocycles. The van der Waals surface area contributed by atoms with Gasteiger partial charge in [-0.25, -0.2) is 0 Å². The second kappa shape index (κ2) is 6.35. The molecule has 0 atom stereocenters. The third kappa shape index (κ3) is 4.18. The van der Waals surface area contributed by atoms with Crippen LogP contribution in [-0.2, 0) is 13.1 Å². The Kier molecular flexibility index (Phi) is 4.77. The van der Waals surface area contributed by atoms with Crippen LogP contribution >= 0.6 is 11.3 Å². The van der Waals surface area contributed by atoms with Gasteiger partial charge in [0.15, 0.2) is 0 Å². The molecule has 0 aliphatic heterocycles. The van der Waals surface area contributed by atoms with Crippen LogP contribution in [0.3, 0.4) is 0 Å². The Morgan fingerprint density at radius 3 is 2.79 bits per heavy atom. The van der Waals surface area contributed by atoms with Gasteiger partial charge in [0.05, 0.1) is 12.7 Å². The maximum atomic E-state index is 4.35. The first-order valence-corrected chi connectivity index (χ1v) is 7.64. The molecule has 0 spiro atoms. The van der Waals surface area contributed by atoms with Gasteiger partial charge in [0.2, 0.25) is 0 Å². The highest BCUT2D eigenvalue weighted by molar-refractivity contribution is 7.12. The molecule has 0 radical (unpaired) electrons. The SMILES string of the molecule is Cc1cnn(Cc2cc(CNCC(C)C)sc2C)c1. The number of hydrogen-bond acceptors (Lipinski definition) is 3. The van der Waals surface area contributed by atoms with Crippen molar-refractivity contribution in [2.45, 2.75) is 40.8 Å². The minimum absolute atomic E-state index is 0.701. The van der Waals surface area contributed by atoms with Gasteiger partial charge in [-0.05, 0) is 43.5 Å². The fraction of sp³-hybridized carbons (Fsp3) is 0.533.